The third-order valence-electron chi connectivity index (χ3n) is 3.51. The van der Waals surface area contributed by atoms with Gasteiger partial charge in [-0.05, 0) is 36.5 Å². The van der Waals surface area contributed by atoms with Gasteiger partial charge >= 0.3 is 0 Å². The Kier molecular flexibility index (Phi) is 5.21. The van der Waals surface area contributed by atoms with Crippen LogP contribution in [0.2, 0.25) is 0 Å². The second-order valence-corrected chi connectivity index (χ2v) is 7.29. The van der Waals surface area contributed by atoms with Crippen molar-refractivity contribution < 1.29 is 13.2 Å². The fourth-order valence-corrected chi connectivity index (χ4v) is 3.76. The Morgan fingerprint density at radius 2 is 2.19 bits per heavy atom. The fraction of sp³-hybridized carbons (Fsp3) is 0.533. The molecular weight excluding hydrogens is 288 g/mol. The van der Waals surface area contributed by atoms with Gasteiger partial charge in [0.15, 0.2) is 0 Å². The smallest absolute Gasteiger partial charge is 0.218 e. The molecule has 0 atom stereocenters. The van der Waals surface area contributed by atoms with Crippen molar-refractivity contribution in [3.8, 4) is 11.8 Å². The van der Waals surface area contributed by atoms with Gasteiger partial charge in [0.1, 0.15) is 5.75 Å². The first-order chi connectivity index (χ1) is 10.0. The van der Waals surface area contributed by atoms with Gasteiger partial charge in [0.25, 0.3) is 0 Å². The summed E-state index contributed by atoms with van der Waals surface area (Å²) in [6.07, 6.45) is 2.39. The number of nitriles is 1. The number of nitrogens with zero attached hydrogens (tertiary/aromatic N) is 2. The van der Waals surface area contributed by atoms with E-state index in [2.05, 4.69) is 0 Å². The second-order valence-electron chi connectivity index (χ2n) is 5.32. The molecule has 21 heavy (non-hydrogen) atoms. The zero-order valence-electron chi connectivity index (χ0n) is 12.2. The van der Waals surface area contributed by atoms with Crippen molar-refractivity contribution in [3.05, 3.63) is 29.8 Å². The number of hydrogen-bond acceptors (Lipinski definition) is 4. The highest BCUT2D eigenvalue weighted by Gasteiger charge is 2.30. The Labute approximate surface area is 126 Å². The molecule has 0 spiro atoms. The van der Waals surface area contributed by atoms with Crippen LogP contribution < -0.4 is 4.74 Å². The summed E-state index contributed by atoms with van der Waals surface area (Å²) in [5, 5.41) is 8.70. The lowest BCUT2D eigenvalue weighted by Gasteiger charge is -2.21. The predicted octanol–water partition coefficient (Wildman–Crippen LogP) is 2.15. The Morgan fingerprint density at radius 3 is 2.81 bits per heavy atom. The van der Waals surface area contributed by atoms with Crippen LogP contribution in [-0.4, -0.2) is 32.9 Å². The summed E-state index contributed by atoms with van der Waals surface area (Å²) < 4.78 is 31.7. The fourth-order valence-electron chi connectivity index (χ4n) is 2.17. The summed E-state index contributed by atoms with van der Waals surface area (Å²) in [6.45, 7) is 0.813. The molecule has 114 valence electrons. The maximum absolute atomic E-state index is 12.5. The second kappa shape index (κ2) is 6.92. The van der Waals surface area contributed by atoms with Crippen molar-refractivity contribution in [2.75, 3.05) is 20.2 Å². The molecule has 1 aromatic carbocycles. The molecular formula is C15H20N2O3S. The summed E-state index contributed by atoms with van der Waals surface area (Å²) in [5.41, 5.74) is 0.701. The van der Waals surface area contributed by atoms with Crippen molar-refractivity contribution >= 4 is 10.0 Å². The van der Waals surface area contributed by atoms with E-state index in [-0.39, 0.29) is 18.7 Å². The highest BCUT2D eigenvalue weighted by molar-refractivity contribution is 7.88. The molecule has 2 rings (SSSR count). The van der Waals surface area contributed by atoms with Crippen molar-refractivity contribution in [2.24, 2.45) is 5.92 Å². The van der Waals surface area contributed by atoms with Crippen LogP contribution in [0.3, 0.4) is 0 Å². The zero-order valence-corrected chi connectivity index (χ0v) is 13.0. The first-order valence-electron chi connectivity index (χ1n) is 7.03. The molecule has 0 aliphatic heterocycles. The number of sulfonamides is 1. The summed E-state index contributed by atoms with van der Waals surface area (Å²) in [5.74, 6) is 1.06. The Balaban J connectivity index is 2.10. The lowest BCUT2D eigenvalue weighted by molar-refractivity contribution is 0.401. The van der Waals surface area contributed by atoms with Crippen LogP contribution in [0, 0.1) is 17.2 Å². The molecule has 0 saturated heterocycles. The first kappa shape index (κ1) is 15.8. The van der Waals surface area contributed by atoms with E-state index < -0.39 is 10.0 Å². The lowest BCUT2D eigenvalue weighted by atomic mass is 10.2. The van der Waals surface area contributed by atoms with Gasteiger partial charge in [-0.15, -0.1) is 0 Å². The number of hydrogen-bond donors (Lipinski definition) is 0. The van der Waals surface area contributed by atoms with E-state index in [0.717, 1.165) is 12.8 Å². The Morgan fingerprint density at radius 1 is 1.43 bits per heavy atom. The van der Waals surface area contributed by atoms with Crippen LogP contribution in [-0.2, 0) is 15.8 Å². The molecule has 1 aliphatic rings. The molecule has 1 aliphatic carbocycles. The van der Waals surface area contributed by atoms with E-state index in [1.165, 1.54) is 4.31 Å². The molecule has 0 N–H and O–H groups in total. The monoisotopic (exact) mass is 308 g/mol. The zero-order chi connectivity index (χ0) is 15.3. The van der Waals surface area contributed by atoms with Gasteiger partial charge < -0.3 is 4.74 Å². The summed E-state index contributed by atoms with van der Waals surface area (Å²) >= 11 is 0. The van der Waals surface area contributed by atoms with E-state index >= 15 is 0 Å². The minimum atomic E-state index is -3.40. The molecule has 5 nitrogen and oxygen atoms in total. The van der Waals surface area contributed by atoms with Crippen LogP contribution in [0.5, 0.6) is 5.75 Å². The van der Waals surface area contributed by atoms with E-state index in [9.17, 15) is 8.42 Å². The molecule has 0 amide bonds. The third kappa shape index (κ3) is 4.73. The largest absolute Gasteiger partial charge is 0.497 e. The number of benzene rings is 1. The van der Waals surface area contributed by atoms with Crippen LogP contribution in [0.4, 0.5) is 0 Å². The normalized spacial score (nSPS) is 14.9. The quantitative estimate of drug-likeness (QED) is 0.738. The van der Waals surface area contributed by atoms with E-state index in [1.54, 1.807) is 31.4 Å². The number of rotatable bonds is 8. The summed E-state index contributed by atoms with van der Waals surface area (Å²) in [6, 6.07) is 9.10. The molecule has 6 heteroatoms. The van der Waals surface area contributed by atoms with Gasteiger partial charge in [0, 0.05) is 19.5 Å². The average molecular weight is 308 g/mol. The predicted molar refractivity (Wildman–Crippen MR) is 80.1 cm³/mol. The van der Waals surface area contributed by atoms with Crippen LogP contribution in [0.25, 0.3) is 0 Å². The molecule has 0 aromatic heterocycles. The molecule has 0 unspecified atom stereocenters. The maximum atomic E-state index is 12.5. The topological polar surface area (TPSA) is 70.4 Å². The maximum Gasteiger partial charge on any atom is 0.218 e. The molecule has 0 radical (unpaired) electrons. The van der Waals surface area contributed by atoms with Gasteiger partial charge in [-0.1, -0.05) is 12.1 Å². The Hall–Kier alpha value is -1.58. The molecule has 1 aromatic rings. The van der Waals surface area contributed by atoms with E-state index in [0.29, 0.717) is 23.8 Å². The molecule has 0 bridgehead atoms. The number of ether oxygens (including phenoxy) is 1. The van der Waals surface area contributed by atoms with Gasteiger partial charge in [-0.3, -0.25) is 0 Å². The first-order valence-corrected chi connectivity index (χ1v) is 8.64. The molecule has 1 fully saturated rings. The molecule has 0 heterocycles. The highest BCUT2D eigenvalue weighted by atomic mass is 32.2. The minimum Gasteiger partial charge on any atom is -0.497 e. The third-order valence-corrected chi connectivity index (χ3v) is 5.32. The van der Waals surface area contributed by atoms with Crippen molar-refractivity contribution in [2.45, 2.75) is 25.0 Å². The summed E-state index contributed by atoms with van der Waals surface area (Å²) in [7, 11) is -1.85. The number of methoxy groups -OCH3 is 1. The minimum absolute atomic E-state index is 0.0532. The van der Waals surface area contributed by atoms with Gasteiger partial charge in [-0.25, -0.2) is 12.7 Å². The highest BCUT2D eigenvalue weighted by Crippen LogP contribution is 2.31. The standard InChI is InChI=1S/C15H20N2O3S/c1-20-15-5-2-4-14(10-15)12-21(18,19)17(9-3-8-16)11-13-6-7-13/h2,4-5,10,13H,3,6-7,9,11-12H2,1H3. The van der Waals surface area contributed by atoms with Crippen LogP contribution >= 0.6 is 0 Å². The van der Waals surface area contributed by atoms with Gasteiger partial charge in [0.05, 0.1) is 18.9 Å². The van der Waals surface area contributed by atoms with Crippen molar-refractivity contribution in [3.63, 3.8) is 0 Å². The van der Waals surface area contributed by atoms with E-state index in [1.807, 2.05) is 6.07 Å². The SMILES string of the molecule is COc1cccc(CS(=O)(=O)N(CCC#N)CC2CC2)c1. The lowest BCUT2D eigenvalue weighted by Crippen LogP contribution is -2.34. The van der Waals surface area contributed by atoms with Crippen molar-refractivity contribution in [1.82, 2.24) is 4.31 Å². The van der Waals surface area contributed by atoms with Gasteiger partial charge in [0.2, 0.25) is 10.0 Å². The van der Waals surface area contributed by atoms with Crippen molar-refractivity contribution in [1.29, 1.82) is 5.26 Å². The van der Waals surface area contributed by atoms with Crippen LogP contribution in [0.1, 0.15) is 24.8 Å². The Bertz CT molecular complexity index is 618. The summed E-state index contributed by atoms with van der Waals surface area (Å²) in [4.78, 5) is 0. The average Bonchev–Trinajstić information content (AvgIpc) is 3.27. The van der Waals surface area contributed by atoms with Gasteiger partial charge in [-0.2, -0.15) is 5.26 Å². The molecule has 1 saturated carbocycles. The van der Waals surface area contributed by atoms with Crippen LogP contribution in [0.15, 0.2) is 24.3 Å². The van der Waals surface area contributed by atoms with E-state index in [4.69, 9.17) is 10.00 Å².